The number of halogens is 4. The topological polar surface area (TPSA) is 80.9 Å². The van der Waals surface area contributed by atoms with Crippen LogP contribution in [0.3, 0.4) is 0 Å². The van der Waals surface area contributed by atoms with Gasteiger partial charge in [0, 0.05) is 12.5 Å². The van der Waals surface area contributed by atoms with Crippen LogP contribution in [0.1, 0.15) is 53.1 Å². The highest BCUT2D eigenvalue weighted by molar-refractivity contribution is 5.93. The minimum atomic E-state index is -4.84. The second-order valence-electron chi connectivity index (χ2n) is 7.48. The maximum Gasteiger partial charge on any atom is 0.419 e. The summed E-state index contributed by atoms with van der Waals surface area (Å²) in [4.78, 5) is 21.2. The molecule has 4 rings (SSSR count). The smallest absolute Gasteiger partial charge is 0.341 e. The van der Waals surface area contributed by atoms with Crippen LogP contribution in [0.5, 0.6) is 0 Å². The Kier molecular flexibility index (Phi) is 5.47. The van der Waals surface area contributed by atoms with Gasteiger partial charge in [-0.2, -0.15) is 18.2 Å². The minimum Gasteiger partial charge on any atom is -0.341 e. The molecule has 1 aromatic carbocycles. The molecular formula is C21H18F4N4O2. The molecule has 10 heteroatoms. The molecule has 1 aliphatic carbocycles. The van der Waals surface area contributed by atoms with Crippen LogP contribution in [0.2, 0.25) is 0 Å². The van der Waals surface area contributed by atoms with Crippen LogP contribution < -0.4 is 5.32 Å². The van der Waals surface area contributed by atoms with Crippen LogP contribution in [0.15, 0.2) is 40.9 Å². The minimum absolute atomic E-state index is 0.0106. The van der Waals surface area contributed by atoms with Crippen molar-refractivity contribution in [3.63, 3.8) is 0 Å². The molecule has 2 heterocycles. The summed E-state index contributed by atoms with van der Waals surface area (Å²) in [7, 11) is 0. The van der Waals surface area contributed by atoms with Crippen LogP contribution in [0.4, 0.5) is 17.6 Å². The number of nitrogens with zero attached hydrogens (tertiary/aromatic N) is 3. The van der Waals surface area contributed by atoms with Gasteiger partial charge in [0.15, 0.2) is 5.82 Å². The zero-order valence-corrected chi connectivity index (χ0v) is 16.4. The van der Waals surface area contributed by atoms with Crippen molar-refractivity contribution in [1.29, 1.82) is 0 Å². The zero-order chi connectivity index (χ0) is 22.2. The number of pyridine rings is 1. The molecule has 0 radical (unpaired) electrons. The van der Waals surface area contributed by atoms with Crippen LogP contribution >= 0.6 is 0 Å². The summed E-state index contributed by atoms with van der Waals surface area (Å²) in [6.07, 6.45) is -2.07. The average Bonchev–Trinajstić information content (AvgIpc) is 3.44. The van der Waals surface area contributed by atoms with Gasteiger partial charge in [-0.05, 0) is 42.7 Å². The second-order valence-corrected chi connectivity index (χ2v) is 7.48. The standard InChI is InChI=1S/C21H18F4N4O2/c1-11-26-19(29-31-11)18(9-12-5-6-12)28-20(30)17-4-2-3-16(27-17)13-7-8-15(22)14(10-13)21(23,24)25/h2-4,7-8,10,12,18H,5-6,9H2,1H3,(H,28,30). The van der Waals surface area contributed by atoms with E-state index in [0.29, 0.717) is 30.1 Å². The fourth-order valence-corrected chi connectivity index (χ4v) is 3.23. The zero-order valence-electron chi connectivity index (χ0n) is 16.4. The van der Waals surface area contributed by atoms with Crippen LogP contribution in [-0.2, 0) is 6.18 Å². The Morgan fingerprint density at radius 1 is 1.23 bits per heavy atom. The number of carbonyl (C=O) groups excluding carboxylic acids is 1. The first-order chi connectivity index (χ1) is 14.7. The van der Waals surface area contributed by atoms with Crippen molar-refractivity contribution in [2.45, 2.75) is 38.4 Å². The van der Waals surface area contributed by atoms with Crippen LogP contribution in [0.25, 0.3) is 11.3 Å². The molecule has 0 aliphatic heterocycles. The van der Waals surface area contributed by atoms with E-state index < -0.39 is 29.5 Å². The van der Waals surface area contributed by atoms with Crippen LogP contribution in [0, 0.1) is 18.7 Å². The van der Waals surface area contributed by atoms with E-state index in [9.17, 15) is 22.4 Å². The normalized spacial score (nSPS) is 15.0. The van der Waals surface area contributed by atoms with Crippen molar-refractivity contribution in [2.75, 3.05) is 0 Å². The maximum absolute atomic E-state index is 13.6. The van der Waals surface area contributed by atoms with E-state index >= 15 is 0 Å². The summed E-state index contributed by atoms with van der Waals surface area (Å²) >= 11 is 0. The van der Waals surface area contributed by atoms with Crippen molar-refractivity contribution < 1.29 is 26.9 Å². The molecule has 6 nitrogen and oxygen atoms in total. The molecule has 31 heavy (non-hydrogen) atoms. The Bertz CT molecular complexity index is 1110. The van der Waals surface area contributed by atoms with E-state index in [1.165, 1.54) is 24.3 Å². The molecule has 0 saturated heterocycles. The molecule has 2 aromatic heterocycles. The summed E-state index contributed by atoms with van der Waals surface area (Å²) in [5.41, 5.74) is -1.21. The van der Waals surface area contributed by atoms with E-state index in [1.54, 1.807) is 6.92 Å². The molecule has 3 aromatic rings. The molecule has 1 N–H and O–H groups in total. The second kappa shape index (κ2) is 8.09. The lowest BCUT2D eigenvalue weighted by Crippen LogP contribution is -2.30. The number of benzene rings is 1. The van der Waals surface area contributed by atoms with Crippen molar-refractivity contribution in [3.8, 4) is 11.3 Å². The first kappa shape index (κ1) is 21.0. The molecule has 1 amide bonds. The number of hydrogen-bond donors (Lipinski definition) is 1. The Labute approximate surface area is 174 Å². The van der Waals surface area contributed by atoms with Gasteiger partial charge >= 0.3 is 6.18 Å². The highest BCUT2D eigenvalue weighted by atomic mass is 19.4. The van der Waals surface area contributed by atoms with Crippen molar-refractivity contribution in [1.82, 2.24) is 20.4 Å². The number of amides is 1. The van der Waals surface area contributed by atoms with Crippen LogP contribution in [-0.4, -0.2) is 21.0 Å². The van der Waals surface area contributed by atoms with Gasteiger partial charge in [0.2, 0.25) is 5.89 Å². The molecule has 1 unspecified atom stereocenters. The fourth-order valence-electron chi connectivity index (χ4n) is 3.23. The molecular weight excluding hydrogens is 416 g/mol. The van der Waals surface area contributed by atoms with Crippen molar-refractivity contribution >= 4 is 5.91 Å². The Morgan fingerprint density at radius 3 is 2.65 bits per heavy atom. The van der Waals surface area contributed by atoms with Gasteiger partial charge in [-0.3, -0.25) is 4.79 Å². The van der Waals surface area contributed by atoms with E-state index in [2.05, 4.69) is 20.4 Å². The summed E-state index contributed by atoms with van der Waals surface area (Å²) in [6, 6.07) is 6.53. The Balaban J connectivity index is 1.58. The molecule has 0 bridgehead atoms. The van der Waals surface area contributed by atoms with E-state index in [-0.39, 0.29) is 17.0 Å². The van der Waals surface area contributed by atoms with E-state index in [1.807, 2.05) is 0 Å². The third kappa shape index (κ3) is 4.89. The Hall–Kier alpha value is -3.30. The molecule has 1 saturated carbocycles. The number of rotatable bonds is 6. The lowest BCUT2D eigenvalue weighted by Gasteiger charge is -2.15. The highest BCUT2D eigenvalue weighted by Crippen LogP contribution is 2.37. The summed E-state index contributed by atoms with van der Waals surface area (Å²) in [5, 5.41) is 6.72. The number of alkyl halides is 3. The van der Waals surface area contributed by atoms with Gasteiger partial charge in [0.05, 0.1) is 17.3 Å². The highest BCUT2D eigenvalue weighted by Gasteiger charge is 2.34. The van der Waals surface area contributed by atoms with Crippen molar-refractivity contribution in [3.05, 3.63) is 65.2 Å². The van der Waals surface area contributed by atoms with E-state index in [0.717, 1.165) is 18.9 Å². The predicted octanol–water partition coefficient (Wildman–Crippen LogP) is 4.87. The third-order valence-corrected chi connectivity index (χ3v) is 4.98. The van der Waals surface area contributed by atoms with E-state index in [4.69, 9.17) is 4.52 Å². The molecule has 1 fully saturated rings. The molecule has 1 atom stereocenters. The molecule has 1 aliphatic rings. The average molecular weight is 434 g/mol. The first-order valence-electron chi connectivity index (χ1n) is 9.66. The lowest BCUT2D eigenvalue weighted by molar-refractivity contribution is -0.139. The van der Waals surface area contributed by atoms with Gasteiger partial charge in [-0.15, -0.1) is 0 Å². The van der Waals surface area contributed by atoms with Crippen molar-refractivity contribution in [2.24, 2.45) is 5.92 Å². The Morgan fingerprint density at radius 2 is 2.00 bits per heavy atom. The molecule has 0 spiro atoms. The van der Waals surface area contributed by atoms with Gasteiger partial charge in [0.1, 0.15) is 11.5 Å². The number of nitrogens with one attached hydrogen (secondary N) is 1. The quantitative estimate of drug-likeness (QED) is 0.560. The van der Waals surface area contributed by atoms with Gasteiger partial charge in [-0.1, -0.05) is 24.1 Å². The lowest BCUT2D eigenvalue weighted by atomic mass is 10.1. The summed E-state index contributed by atoms with van der Waals surface area (Å²) in [5.74, 6) is -0.691. The number of aryl methyl sites for hydroxylation is 1. The van der Waals surface area contributed by atoms with Gasteiger partial charge in [0.25, 0.3) is 5.91 Å². The monoisotopic (exact) mass is 434 g/mol. The molecule has 162 valence electrons. The third-order valence-electron chi connectivity index (χ3n) is 4.98. The summed E-state index contributed by atoms with van der Waals surface area (Å²) in [6.45, 7) is 1.65. The van der Waals surface area contributed by atoms with Gasteiger partial charge in [-0.25, -0.2) is 9.37 Å². The maximum atomic E-state index is 13.6. The largest absolute Gasteiger partial charge is 0.419 e. The fraction of sp³-hybridized carbons (Fsp3) is 0.333. The number of aromatic nitrogens is 3. The SMILES string of the molecule is Cc1nc(C(CC2CC2)NC(=O)c2cccc(-c3ccc(F)c(C(F)(F)F)c3)n2)no1. The van der Waals surface area contributed by atoms with Gasteiger partial charge < -0.3 is 9.84 Å². The predicted molar refractivity (Wildman–Crippen MR) is 101 cm³/mol. The summed E-state index contributed by atoms with van der Waals surface area (Å²) < 4.78 is 57.7. The number of carbonyl (C=O) groups is 1. The number of hydrogen-bond acceptors (Lipinski definition) is 5. The first-order valence-corrected chi connectivity index (χ1v) is 9.66.